The average Bonchev–Trinajstić information content (AvgIpc) is 2.78. The van der Waals surface area contributed by atoms with Crippen LogP contribution >= 0.6 is 0 Å². The molecule has 2 aromatic rings. The smallest absolute Gasteiger partial charge is 0.251 e. The van der Waals surface area contributed by atoms with Gasteiger partial charge in [0.25, 0.3) is 5.91 Å². The van der Waals surface area contributed by atoms with Crippen molar-refractivity contribution in [3.63, 3.8) is 0 Å². The lowest BCUT2D eigenvalue weighted by atomic mass is 10.1. The number of benzene rings is 2. The zero-order chi connectivity index (χ0) is 21.0. The summed E-state index contributed by atoms with van der Waals surface area (Å²) < 4.78 is 5.38. The number of hydrogen-bond donors (Lipinski definition) is 2. The van der Waals surface area contributed by atoms with Crippen LogP contribution in [0.15, 0.2) is 54.6 Å². The summed E-state index contributed by atoms with van der Waals surface area (Å²) in [6, 6.07) is 17.3. The summed E-state index contributed by atoms with van der Waals surface area (Å²) in [7, 11) is 0. The second kappa shape index (κ2) is 12.1. The molecule has 0 spiro atoms. The van der Waals surface area contributed by atoms with Crippen molar-refractivity contribution in [2.24, 2.45) is 0 Å². The highest BCUT2D eigenvalue weighted by Gasteiger charge is 2.10. The van der Waals surface area contributed by atoms with E-state index in [4.69, 9.17) is 4.74 Å². The minimum absolute atomic E-state index is 0.0317. The number of rotatable bonds is 10. The zero-order valence-electron chi connectivity index (χ0n) is 17.4. The van der Waals surface area contributed by atoms with Crippen LogP contribution in [0, 0.1) is 0 Å². The van der Waals surface area contributed by atoms with Gasteiger partial charge in [-0.05, 0) is 42.7 Å². The Balaban J connectivity index is 1.27. The molecule has 6 heteroatoms. The van der Waals surface area contributed by atoms with Crippen molar-refractivity contribution in [3.8, 4) is 0 Å². The lowest BCUT2D eigenvalue weighted by Gasteiger charge is -2.26. The van der Waals surface area contributed by atoms with E-state index < -0.39 is 0 Å². The van der Waals surface area contributed by atoms with Gasteiger partial charge >= 0.3 is 0 Å². The third kappa shape index (κ3) is 7.61. The number of carbonyl (C=O) groups is 2. The molecule has 0 aromatic heterocycles. The number of carbonyl (C=O) groups excluding carboxylic acids is 2. The van der Waals surface area contributed by atoms with Crippen LogP contribution in [-0.4, -0.2) is 49.6 Å². The lowest BCUT2D eigenvalue weighted by Crippen LogP contribution is -2.35. The summed E-state index contributed by atoms with van der Waals surface area (Å²) >= 11 is 0. The molecule has 1 saturated heterocycles. The van der Waals surface area contributed by atoms with E-state index in [2.05, 4.69) is 27.7 Å². The van der Waals surface area contributed by atoms with Crippen LogP contribution in [0.5, 0.6) is 0 Å². The summed E-state index contributed by atoms with van der Waals surface area (Å²) in [5, 5.41) is 5.87. The fraction of sp³-hybridized carbons (Fsp3) is 0.417. The molecule has 0 saturated carbocycles. The molecular weight excluding hydrogens is 378 g/mol. The summed E-state index contributed by atoms with van der Waals surface area (Å²) in [5.74, 6) is -0.0188. The fourth-order valence-corrected chi connectivity index (χ4v) is 3.42. The standard InChI is InChI=1S/C24H31N3O3/c28-23(9-5-2-6-14-25-24(29)21-7-3-1-4-8-21)26-22-12-10-20(11-13-22)19-27-15-17-30-18-16-27/h1,3-4,7-8,10-13H,2,5-6,9,14-19H2,(H,25,29)(H,26,28). The van der Waals surface area contributed by atoms with Crippen molar-refractivity contribution in [3.05, 3.63) is 65.7 Å². The van der Waals surface area contributed by atoms with Crippen LogP contribution in [0.2, 0.25) is 0 Å². The van der Waals surface area contributed by atoms with Crippen LogP contribution in [-0.2, 0) is 16.1 Å². The van der Waals surface area contributed by atoms with Crippen LogP contribution in [0.4, 0.5) is 5.69 Å². The summed E-state index contributed by atoms with van der Waals surface area (Å²) in [4.78, 5) is 26.5. The Bertz CT molecular complexity index is 787. The molecule has 2 amide bonds. The maximum absolute atomic E-state index is 12.1. The Kier molecular flexibility index (Phi) is 8.87. The minimum Gasteiger partial charge on any atom is -0.379 e. The normalized spacial score (nSPS) is 14.3. The van der Waals surface area contributed by atoms with Gasteiger partial charge in [-0.2, -0.15) is 0 Å². The number of amides is 2. The van der Waals surface area contributed by atoms with Gasteiger partial charge < -0.3 is 15.4 Å². The summed E-state index contributed by atoms with van der Waals surface area (Å²) in [6.07, 6.45) is 3.06. The Hall–Kier alpha value is -2.70. The predicted molar refractivity (Wildman–Crippen MR) is 118 cm³/mol. The fourth-order valence-electron chi connectivity index (χ4n) is 3.42. The zero-order valence-corrected chi connectivity index (χ0v) is 17.4. The predicted octanol–water partition coefficient (Wildman–Crippen LogP) is 3.45. The summed E-state index contributed by atoms with van der Waals surface area (Å²) in [5.41, 5.74) is 2.75. The van der Waals surface area contributed by atoms with E-state index in [1.807, 2.05) is 30.3 Å². The Morgan fingerprint density at radius 3 is 2.37 bits per heavy atom. The van der Waals surface area contributed by atoms with Gasteiger partial charge in [0.15, 0.2) is 0 Å². The maximum Gasteiger partial charge on any atom is 0.251 e. The number of ether oxygens (including phenoxy) is 1. The molecule has 1 aliphatic heterocycles. The molecule has 0 unspecified atom stereocenters. The van der Waals surface area contributed by atoms with Crippen LogP contribution < -0.4 is 10.6 Å². The molecule has 1 fully saturated rings. The Labute approximate surface area is 178 Å². The lowest BCUT2D eigenvalue weighted by molar-refractivity contribution is -0.116. The number of nitrogens with one attached hydrogen (secondary N) is 2. The van der Waals surface area contributed by atoms with E-state index in [9.17, 15) is 9.59 Å². The van der Waals surface area contributed by atoms with E-state index in [0.717, 1.165) is 57.8 Å². The molecule has 0 atom stereocenters. The molecule has 0 bridgehead atoms. The summed E-state index contributed by atoms with van der Waals surface area (Å²) in [6.45, 7) is 5.07. The molecule has 0 aliphatic carbocycles. The first-order valence-corrected chi connectivity index (χ1v) is 10.7. The number of unbranched alkanes of at least 4 members (excludes halogenated alkanes) is 2. The third-order valence-corrected chi connectivity index (χ3v) is 5.15. The molecule has 6 nitrogen and oxygen atoms in total. The largest absolute Gasteiger partial charge is 0.379 e. The van der Waals surface area contributed by atoms with E-state index in [-0.39, 0.29) is 11.8 Å². The molecule has 160 valence electrons. The van der Waals surface area contributed by atoms with Crippen LogP contribution in [0.25, 0.3) is 0 Å². The van der Waals surface area contributed by atoms with Crippen molar-refractivity contribution < 1.29 is 14.3 Å². The van der Waals surface area contributed by atoms with Crippen molar-refractivity contribution in [2.45, 2.75) is 32.2 Å². The van der Waals surface area contributed by atoms with Gasteiger partial charge in [0, 0.05) is 43.9 Å². The maximum atomic E-state index is 12.1. The first-order valence-electron chi connectivity index (χ1n) is 10.7. The molecule has 3 rings (SSSR count). The highest BCUT2D eigenvalue weighted by Crippen LogP contribution is 2.13. The van der Waals surface area contributed by atoms with Gasteiger partial charge in [-0.1, -0.05) is 36.8 Å². The number of morpholine rings is 1. The van der Waals surface area contributed by atoms with Crippen LogP contribution in [0.1, 0.15) is 41.6 Å². The number of hydrogen-bond acceptors (Lipinski definition) is 4. The second-order valence-electron chi connectivity index (χ2n) is 7.57. The van der Waals surface area contributed by atoms with Gasteiger partial charge in [0.2, 0.25) is 5.91 Å². The van der Waals surface area contributed by atoms with Crippen molar-refractivity contribution >= 4 is 17.5 Å². The second-order valence-corrected chi connectivity index (χ2v) is 7.57. The molecular formula is C24H31N3O3. The minimum atomic E-state index is -0.0505. The van der Waals surface area contributed by atoms with E-state index in [0.29, 0.717) is 18.5 Å². The van der Waals surface area contributed by atoms with Crippen LogP contribution in [0.3, 0.4) is 0 Å². The van der Waals surface area contributed by atoms with E-state index in [1.54, 1.807) is 12.1 Å². The van der Waals surface area contributed by atoms with E-state index >= 15 is 0 Å². The first-order chi connectivity index (χ1) is 14.7. The van der Waals surface area contributed by atoms with Gasteiger partial charge in [-0.3, -0.25) is 14.5 Å². The molecule has 2 N–H and O–H groups in total. The van der Waals surface area contributed by atoms with Gasteiger partial charge in [-0.15, -0.1) is 0 Å². The van der Waals surface area contributed by atoms with Gasteiger partial charge in [0.1, 0.15) is 0 Å². The SMILES string of the molecule is O=C(CCCCCNC(=O)c1ccccc1)Nc1ccc(CN2CCOCC2)cc1. The Morgan fingerprint density at radius 1 is 0.900 bits per heavy atom. The number of nitrogens with zero attached hydrogens (tertiary/aromatic N) is 1. The van der Waals surface area contributed by atoms with Gasteiger partial charge in [0.05, 0.1) is 13.2 Å². The topological polar surface area (TPSA) is 70.7 Å². The van der Waals surface area contributed by atoms with E-state index in [1.165, 1.54) is 5.56 Å². The molecule has 1 heterocycles. The van der Waals surface area contributed by atoms with Gasteiger partial charge in [-0.25, -0.2) is 0 Å². The highest BCUT2D eigenvalue weighted by molar-refractivity contribution is 5.94. The molecule has 30 heavy (non-hydrogen) atoms. The molecule has 2 aromatic carbocycles. The average molecular weight is 410 g/mol. The molecule has 1 aliphatic rings. The molecule has 0 radical (unpaired) electrons. The van der Waals surface area contributed by atoms with Crippen molar-refractivity contribution in [1.82, 2.24) is 10.2 Å². The van der Waals surface area contributed by atoms with Crippen molar-refractivity contribution in [1.29, 1.82) is 0 Å². The highest BCUT2D eigenvalue weighted by atomic mass is 16.5. The third-order valence-electron chi connectivity index (χ3n) is 5.15. The number of anilines is 1. The van der Waals surface area contributed by atoms with Crippen molar-refractivity contribution in [2.75, 3.05) is 38.2 Å². The quantitative estimate of drug-likeness (QED) is 0.590. The first kappa shape index (κ1) is 22.0. The monoisotopic (exact) mass is 409 g/mol. The Morgan fingerprint density at radius 2 is 1.63 bits per heavy atom.